The zero-order valence-corrected chi connectivity index (χ0v) is 22.4. The van der Waals surface area contributed by atoms with E-state index in [1.165, 1.54) is 0 Å². The third kappa shape index (κ3) is 5.24. The molecule has 2 N–H and O–H groups in total. The largest absolute Gasteiger partial charge is 0.375 e. The van der Waals surface area contributed by atoms with E-state index in [1.54, 1.807) is 4.90 Å². The summed E-state index contributed by atoms with van der Waals surface area (Å²) in [5, 5.41) is 5.78. The predicted octanol–water partition coefficient (Wildman–Crippen LogP) is 1.60. The molecule has 9 nitrogen and oxygen atoms in total. The molecular weight excluding hydrogens is 494 g/mol. The summed E-state index contributed by atoms with van der Waals surface area (Å²) in [6.45, 7) is 8.60. The molecule has 0 radical (unpaired) electrons. The molecule has 6 rings (SSSR count). The van der Waals surface area contributed by atoms with E-state index in [9.17, 15) is 14.4 Å². The normalized spacial score (nSPS) is 29.0. The fourth-order valence-electron chi connectivity index (χ4n) is 6.58. The number of halogens is 1. The van der Waals surface area contributed by atoms with Crippen molar-refractivity contribution in [3.05, 3.63) is 28.8 Å². The van der Waals surface area contributed by atoms with E-state index in [-0.39, 0.29) is 36.5 Å². The van der Waals surface area contributed by atoms with Crippen LogP contribution in [0, 0.1) is 6.92 Å². The molecule has 4 aliphatic heterocycles. The quantitative estimate of drug-likeness (QED) is 0.557. The Morgan fingerprint density at radius 2 is 1.68 bits per heavy atom. The summed E-state index contributed by atoms with van der Waals surface area (Å²) < 4.78 is 6.32. The first-order chi connectivity index (χ1) is 17.5. The topological polar surface area (TPSA) is 94.2 Å². The standard InChI is InChI=1S/C27H37N5O4.ClH/c1-17-12-19(13-18-16-32(27(35)25(17)18)23-2-3-24(33)29-26(23)34)30-8-10-31(11-9-30)20-14-22(15-20)36-21-4-6-28-7-5-21;/h12-13,20-23,28H,2-11,14-16H2,1H3,(H,29,33,34);1H/t20-,22-,23?;. The lowest BCUT2D eigenvalue weighted by molar-refractivity contribution is -0.136. The molecule has 0 spiro atoms. The van der Waals surface area contributed by atoms with Gasteiger partial charge in [-0.15, -0.1) is 12.4 Å². The van der Waals surface area contributed by atoms with Crippen LogP contribution in [0.1, 0.15) is 60.0 Å². The number of piperidine rings is 2. The van der Waals surface area contributed by atoms with Crippen LogP contribution in [0.3, 0.4) is 0 Å². The molecule has 1 aromatic rings. The third-order valence-electron chi connectivity index (χ3n) is 8.74. The van der Waals surface area contributed by atoms with Crippen LogP contribution < -0.4 is 15.5 Å². The Hall–Kier alpha value is -2.20. The number of hydrogen-bond acceptors (Lipinski definition) is 7. The van der Waals surface area contributed by atoms with Gasteiger partial charge in [-0.25, -0.2) is 0 Å². The van der Waals surface area contributed by atoms with Crippen molar-refractivity contribution >= 4 is 35.8 Å². The fraction of sp³-hybridized carbons (Fsp3) is 0.667. The van der Waals surface area contributed by atoms with Crippen molar-refractivity contribution in [2.24, 2.45) is 0 Å². The Morgan fingerprint density at radius 1 is 0.946 bits per heavy atom. The van der Waals surface area contributed by atoms with Crippen LogP contribution in [-0.2, 0) is 20.9 Å². The lowest BCUT2D eigenvalue weighted by Crippen LogP contribution is -2.56. The van der Waals surface area contributed by atoms with Gasteiger partial charge in [0.2, 0.25) is 11.8 Å². The van der Waals surface area contributed by atoms with Gasteiger partial charge in [0.1, 0.15) is 6.04 Å². The lowest BCUT2D eigenvalue weighted by Gasteiger charge is -2.47. The van der Waals surface area contributed by atoms with Crippen LogP contribution in [0.25, 0.3) is 0 Å². The van der Waals surface area contributed by atoms with Crippen LogP contribution in [0.2, 0.25) is 0 Å². The van der Waals surface area contributed by atoms with Gasteiger partial charge < -0.3 is 19.9 Å². The number of carbonyl (C=O) groups is 3. The van der Waals surface area contributed by atoms with Gasteiger partial charge in [0.25, 0.3) is 5.91 Å². The van der Waals surface area contributed by atoms with Gasteiger partial charge in [0.15, 0.2) is 0 Å². The van der Waals surface area contributed by atoms with Gasteiger partial charge in [0.05, 0.1) is 12.2 Å². The number of nitrogens with zero attached hydrogens (tertiary/aromatic N) is 3. The van der Waals surface area contributed by atoms with Crippen molar-refractivity contribution in [1.29, 1.82) is 0 Å². The highest BCUT2D eigenvalue weighted by molar-refractivity contribution is 6.06. The minimum atomic E-state index is -0.570. The molecule has 0 bridgehead atoms. The molecule has 1 aromatic carbocycles. The molecule has 1 unspecified atom stereocenters. The zero-order valence-electron chi connectivity index (χ0n) is 21.5. The number of ether oxygens (including phenoxy) is 1. The first-order valence-corrected chi connectivity index (χ1v) is 13.6. The van der Waals surface area contributed by atoms with E-state index in [4.69, 9.17) is 4.74 Å². The fourth-order valence-corrected chi connectivity index (χ4v) is 6.58. The molecule has 37 heavy (non-hydrogen) atoms. The molecule has 10 heteroatoms. The first kappa shape index (κ1) is 26.4. The summed E-state index contributed by atoms with van der Waals surface area (Å²) in [5.41, 5.74) is 3.82. The molecule has 1 atom stereocenters. The van der Waals surface area contributed by atoms with Gasteiger partial charge in [-0.3, -0.25) is 24.6 Å². The van der Waals surface area contributed by atoms with E-state index >= 15 is 0 Å². The molecule has 4 heterocycles. The number of fused-ring (bicyclic) bond motifs is 1. The molecule has 0 aromatic heterocycles. The van der Waals surface area contributed by atoms with E-state index in [1.807, 2.05) is 6.92 Å². The summed E-state index contributed by atoms with van der Waals surface area (Å²) >= 11 is 0. The number of amides is 3. The smallest absolute Gasteiger partial charge is 0.255 e. The van der Waals surface area contributed by atoms with E-state index in [0.717, 1.165) is 87.3 Å². The van der Waals surface area contributed by atoms with Crippen LogP contribution in [-0.4, -0.2) is 91.1 Å². The van der Waals surface area contributed by atoms with E-state index in [2.05, 4.69) is 32.6 Å². The van der Waals surface area contributed by atoms with Gasteiger partial charge in [-0.2, -0.15) is 0 Å². The molecular formula is C27H38ClN5O4. The zero-order chi connectivity index (χ0) is 24.8. The van der Waals surface area contributed by atoms with Crippen molar-refractivity contribution in [1.82, 2.24) is 20.4 Å². The average molecular weight is 532 g/mol. The molecule has 5 aliphatic rings. The monoisotopic (exact) mass is 531 g/mol. The second-order valence-corrected chi connectivity index (χ2v) is 11.1. The summed E-state index contributed by atoms with van der Waals surface area (Å²) in [6.07, 6.45) is 6.11. The first-order valence-electron chi connectivity index (χ1n) is 13.6. The Morgan fingerprint density at radius 3 is 2.38 bits per heavy atom. The van der Waals surface area contributed by atoms with Gasteiger partial charge in [-0.05, 0) is 75.4 Å². The van der Waals surface area contributed by atoms with Gasteiger partial charge in [-0.1, -0.05) is 0 Å². The maximum absolute atomic E-state index is 13.2. The van der Waals surface area contributed by atoms with Gasteiger partial charge in [0, 0.05) is 56.4 Å². The highest BCUT2D eigenvalue weighted by atomic mass is 35.5. The number of piperazine rings is 1. The Labute approximate surface area is 224 Å². The second kappa shape index (κ2) is 10.9. The van der Waals surface area contributed by atoms with Crippen molar-refractivity contribution in [2.75, 3.05) is 44.2 Å². The SMILES string of the molecule is Cc1cc(N2CCN([C@H]3C[C@H](OC4CCNCC4)C3)CC2)cc2c1C(=O)N(C1CCC(=O)NC1=O)C2.Cl. The summed E-state index contributed by atoms with van der Waals surface area (Å²) in [4.78, 5) is 43.8. The lowest BCUT2D eigenvalue weighted by atomic mass is 9.87. The van der Waals surface area contributed by atoms with Crippen LogP contribution in [0.5, 0.6) is 0 Å². The predicted molar refractivity (Wildman–Crippen MR) is 142 cm³/mol. The van der Waals surface area contributed by atoms with Gasteiger partial charge >= 0.3 is 0 Å². The van der Waals surface area contributed by atoms with E-state index < -0.39 is 6.04 Å². The molecule has 3 amide bonds. The molecule has 4 fully saturated rings. The summed E-state index contributed by atoms with van der Waals surface area (Å²) in [6, 6.07) is 4.32. The number of carbonyl (C=O) groups excluding carboxylic acids is 3. The Balaban J connectivity index is 0.00000280. The Bertz CT molecular complexity index is 1050. The number of anilines is 1. The summed E-state index contributed by atoms with van der Waals surface area (Å²) in [7, 11) is 0. The minimum absolute atomic E-state index is 0. The van der Waals surface area contributed by atoms with Crippen molar-refractivity contribution in [2.45, 2.75) is 76.3 Å². The maximum Gasteiger partial charge on any atom is 0.255 e. The summed E-state index contributed by atoms with van der Waals surface area (Å²) in [5.74, 6) is -0.717. The number of aryl methyl sites for hydroxylation is 1. The van der Waals surface area contributed by atoms with Crippen molar-refractivity contribution in [3.63, 3.8) is 0 Å². The molecule has 1 aliphatic carbocycles. The van der Waals surface area contributed by atoms with E-state index in [0.29, 0.717) is 31.2 Å². The number of rotatable bonds is 5. The maximum atomic E-state index is 13.2. The van der Waals surface area contributed by atoms with Crippen molar-refractivity contribution < 1.29 is 19.1 Å². The van der Waals surface area contributed by atoms with Crippen molar-refractivity contribution in [3.8, 4) is 0 Å². The molecule has 3 saturated heterocycles. The van der Waals surface area contributed by atoms with Crippen LogP contribution in [0.15, 0.2) is 12.1 Å². The van der Waals surface area contributed by atoms with Crippen LogP contribution >= 0.6 is 12.4 Å². The number of imide groups is 1. The number of benzene rings is 1. The molecule has 1 saturated carbocycles. The molecule has 202 valence electrons. The number of hydrogen-bond donors (Lipinski definition) is 2. The number of nitrogens with one attached hydrogen (secondary N) is 2. The Kier molecular flexibility index (Phi) is 7.77. The second-order valence-electron chi connectivity index (χ2n) is 11.1. The highest BCUT2D eigenvalue weighted by Crippen LogP contribution is 2.35. The highest BCUT2D eigenvalue weighted by Gasteiger charge is 2.41. The third-order valence-corrected chi connectivity index (χ3v) is 8.74. The van der Waals surface area contributed by atoms with Crippen LogP contribution in [0.4, 0.5) is 5.69 Å². The minimum Gasteiger partial charge on any atom is -0.375 e. The average Bonchev–Trinajstić information content (AvgIpc) is 3.18.